The summed E-state index contributed by atoms with van der Waals surface area (Å²) in [4.78, 5) is 25.0. The summed E-state index contributed by atoms with van der Waals surface area (Å²) >= 11 is 5.96. The molecule has 35 heavy (non-hydrogen) atoms. The Kier molecular flexibility index (Phi) is 6.66. The van der Waals surface area contributed by atoms with Crippen molar-refractivity contribution in [3.8, 4) is 17.2 Å². The Morgan fingerprint density at radius 1 is 1.03 bits per heavy atom. The van der Waals surface area contributed by atoms with Crippen LogP contribution in [0.2, 0.25) is 5.02 Å². The maximum absolute atomic E-state index is 13.7. The van der Waals surface area contributed by atoms with Crippen LogP contribution in [0.1, 0.15) is 16.9 Å². The van der Waals surface area contributed by atoms with Crippen molar-refractivity contribution in [2.75, 3.05) is 0 Å². The number of para-hydroxylation sites is 1. The smallest absolute Gasteiger partial charge is 0.448 e. The molecule has 0 saturated carbocycles. The Morgan fingerprint density at radius 2 is 1.74 bits per heavy atom. The van der Waals surface area contributed by atoms with Gasteiger partial charge in [-0.25, -0.2) is 4.79 Å². The Balaban J connectivity index is 1.67. The third-order valence-corrected chi connectivity index (χ3v) is 5.15. The van der Waals surface area contributed by atoms with Gasteiger partial charge in [-0.15, -0.1) is 0 Å². The third-order valence-electron chi connectivity index (χ3n) is 4.84. The molecule has 0 aliphatic carbocycles. The van der Waals surface area contributed by atoms with E-state index in [0.29, 0.717) is 0 Å². The van der Waals surface area contributed by atoms with Crippen LogP contribution in [-0.2, 0) is 11.0 Å². The van der Waals surface area contributed by atoms with E-state index in [1.54, 1.807) is 6.07 Å². The van der Waals surface area contributed by atoms with Crippen molar-refractivity contribution in [1.82, 2.24) is 0 Å². The quantitative estimate of drug-likeness (QED) is 0.165. The molecule has 0 aliphatic rings. The highest BCUT2D eigenvalue weighted by molar-refractivity contribution is 6.32. The van der Waals surface area contributed by atoms with Crippen LogP contribution in [0.15, 0.2) is 82.0 Å². The molecule has 4 rings (SSSR count). The van der Waals surface area contributed by atoms with Gasteiger partial charge in [0.25, 0.3) is 5.76 Å². The molecule has 0 aliphatic heterocycles. The molecule has 0 spiro atoms. The van der Waals surface area contributed by atoms with Crippen LogP contribution in [0.3, 0.4) is 0 Å². The van der Waals surface area contributed by atoms with Gasteiger partial charge in [0.2, 0.25) is 11.2 Å². The maximum atomic E-state index is 13.7. The summed E-state index contributed by atoms with van der Waals surface area (Å²) in [5.41, 5.74) is 0.330. The molecular weight excluding hydrogens is 485 g/mol. The number of hydrogen-bond acceptors (Lipinski definition) is 5. The molecule has 0 unspecified atom stereocenters. The first-order valence-corrected chi connectivity index (χ1v) is 10.6. The second-order valence-electron chi connectivity index (χ2n) is 7.44. The van der Waals surface area contributed by atoms with Gasteiger partial charge in [-0.05, 0) is 42.8 Å². The molecule has 3 aromatic carbocycles. The lowest BCUT2D eigenvalue weighted by atomic mass is 10.1. The predicted octanol–water partition coefficient (Wildman–Crippen LogP) is 7.18. The van der Waals surface area contributed by atoms with Gasteiger partial charge < -0.3 is 13.9 Å². The van der Waals surface area contributed by atoms with Gasteiger partial charge in [0.1, 0.15) is 17.1 Å². The van der Waals surface area contributed by atoms with E-state index in [-0.39, 0.29) is 21.9 Å². The van der Waals surface area contributed by atoms with E-state index in [2.05, 4.69) is 0 Å². The molecule has 1 heterocycles. The van der Waals surface area contributed by atoms with Crippen LogP contribution in [0.5, 0.6) is 17.2 Å². The average molecular weight is 501 g/mol. The zero-order chi connectivity index (χ0) is 25.2. The highest BCUT2D eigenvalue weighted by Crippen LogP contribution is 2.39. The number of benzene rings is 3. The predicted molar refractivity (Wildman–Crippen MR) is 125 cm³/mol. The van der Waals surface area contributed by atoms with Gasteiger partial charge in [0.05, 0.1) is 10.4 Å². The molecule has 0 saturated heterocycles. The fourth-order valence-corrected chi connectivity index (χ4v) is 3.30. The number of esters is 1. The second-order valence-corrected chi connectivity index (χ2v) is 7.85. The highest BCUT2D eigenvalue weighted by Gasteiger charge is 2.40. The Bertz CT molecular complexity index is 1490. The van der Waals surface area contributed by atoms with Gasteiger partial charge in [-0.3, -0.25) is 4.79 Å². The Labute approximate surface area is 202 Å². The van der Waals surface area contributed by atoms with Crippen LogP contribution >= 0.6 is 11.6 Å². The lowest BCUT2D eigenvalue weighted by Crippen LogP contribution is -2.15. The van der Waals surface area contributed by atoms with Crippen LogP contribution in [0.4, 0.5) is 13.2 Å². The number of alkyl halides is 3. The number of fused-ring (bicyclic) bond motifs is 1. The first kappa shape index (κ1) is 24.1. The molecule has 0 atom stereocenters. The number of carbonyl (C=O) groups is 1. The SMILES string of the molecule is Cc1ccc(C=CC(=O)Oc2ccc3c(=O)c(Oc4ccccc4Cl)c(C(F)(F)F)oc3c2)cc1. The minimum absolute atomic E-state index is 0.0149. The number of hydrogen-bond donors (Lipinski definition) is 0. The van der Waals surface area contributed by atoms with Gasteiger partial charge in [0, 0.05) is 12.1 Å². The summed E-state index contributed by atoms with van der Waals surface area (Å²) < 4.78 is 56.5. The van der Waals surface area contributed by atoms with Crippen molar-refractivity contribution in [1.29, 1.82) is 0 Å². The number of carbonyl (C=O) groups excluding carboxylic acids is 1. The zero-order valence-corrected chi connectivity index (χ0v) is 18.8. The number of ether oxygens (including phenoxy) is 2. The topological polar surface area (TPSA) is 65.7 Å². The average Bonchev–Trinajstić information content (AvgIpc) is 2.81. The first-order valence-electron chi connectivity index (χ1n) is 10.2. The lowest BCUT2D eigenvalue weighted by Gasteiger charge is -2.14. The van der Waals surface area contributed by atoms with Crippen molar-refractivity contribution in [3.05, 3.63) is 105 Å². The summed E-state index contributed by atoms with van der Waals surface area (Å²) in [7, 11) is 0. The molecule has 9 heteroatoms. The summed E-state index contributed by atoms with van der Waals surface area (Å²) in [6.07, 6.45) is -2.34. The van der Waals surface area contributed by atoms with Crippen LogP contribution in [0, 0.1) is 6.92 Å². The van der Waals surface area contributed by atoms with Crippen LogP contribution < -0.4 is 14.9 Å². The molecule has 0 N–H and O–H groups in total. The van der Waals surface area contributed by atoms with E-state index in [4.69, 9.17) is 25.5 Å². The Morgan fingerprint density at radius 3 is 2.43 bits per heavy atom. The fourth-order valence-electron chi connectivity index (χ4n) is 3.13. The van der Waals surface area contributed by atoms with Gasteiger partial charge in [-0.2, -0.15) is 13.2 Å². The molecule has 1 aromatic heterocycles. The summed E-state index contributed by atoms with van der Waals surface area (Å²) in [5, 5.41) is -0.184. The monoisotopic (exact) mass is 500 g/mol. The molecular formula is C26H16ClF3O5. The molecule has 178 valence electrons. The number of halogens is 4. The minimum Gasteiger partial charge on any atom is -0.448 e. The number of rotatable bonds is 5. The van der Waals surface area contributed by atoms with E-state index in [9.17, 15) is 22.8 Å². The summed E-state index contributed by atoms with van der Waals surface area (Å²) in [6, 6.07) is 16.6. The third kappa shape index (κ3) is 5.55. The van der Waals surface area contributed by atoms with Crippen molar-refractivity contribution >= 4 is 34.6 Å². The molecule has 0 bridgehead atoms. The van der Waals surface area contributed by atoms with Crippen molar-refractivity contribution in [3.63, 3.8) is 0 Å². The standard InChI is InChI=1S/C26H16ClF3O5/c1-15-6-8-16(9-7-15)10-13-22(31)33-17-11-12-18-21(14-17)35-25(26(28,29)30)24(23(18)32)34-20-5-3-2-4-19(20)27/h2-14H,1H3. The van der Waals surface area contributed by atoms with Crippen molar-refractivity contribution < 1.29 is 31.9 Å². The first-order chi connectivity index (χ1) is 16.6. The van der Waals surface area contributed by atoms with Crippen LogP contribution in [-0.4, -0.2) is 5.97 Å². The molecule has 0 radical (unpaired) electrons. The minimum atomic E-state index is -5.05. The van der Waals surface area contributed by atoms with E-state index < -0.39 is 34.7 Å². The molecule has 4 aromatic rings. The van der Waals surface area contributed by atoms with E-state index in [1.165, 1.54) is 42.5 Å². The van der Waals surface area contributed by atoms with Crippen molar-refractivity contribution in [2.24, 2.45) is 0 Å². The highest BCUT2D eigenvalue weighted by atomic mass is 35.5. The van der Waals surface area contributed by atoms with E-state index in [0.717, 1.165) is 17.2 Å². The molecule has 0 fully saturated rings. The summed E-state index contributed by atoms with van der Waals surface area (Å²) in [5.74, 6) is -3.70. The molecule has 0 amide bonds. The van der Waals surface area contributed by atoms with Gasteiger partial charge in [-0.1, -0.05) is 53.6 Å². The number of aryl methyl sites for hydroxylation is 1. The molecule has 5 nitrogen and oxygen atoms in total. The largest absolute Gasteiger partial charge is 0.453 e. The summed E-state index contributed by atoms with van der Waals surface area (Å²) in [6.45, 7) is 1.93. The van der Waals surface area contributed by atoms with Crippen molar-refractivity contribution in [2.45, 2.75) is 13.1 Å². The van der Waals surface area contributed by atoms with Gasteiger partial charge in [0.15, 0.2) is 0 Å². The lowest BCUT2D eigenvalue weighted by molar-refractivity contribution is -0.154. The Hall–Kier alpha value is -4.04. The maximum Gasteiger partial charge on any atom is 0.453 e. The second kappa shape index (κ2) is 9.68. The normalized spacial score (nSPS) is 11.7. The van der Waals surface area contributed by atoms with E-state index >= 15 is 0 Å². The van der Waals surface area contributed by atoms with Gasteiger partial charge >= 0.3 is 12.1 Å². The zero-order valence-electron chi connectivity index (χ0n) is 18.1. The van der Waals surface area contributed by atoms with Crippen LogP contribution in [0.25, 0.3) is 17.0 Å². The fraction of sp³-hybridized carbons (Fsp3) is 0.0769. The van der Waals surface area contributed by atoms with E-state index in [1.807, 2.05) is 31.2 Å².